The van der Waals surface area contributed by atoms with Crippen LogP contribution >= 0.6 is 0 Å². The minimum atomic E-state index is -0.841. The Balaban J connectivity index is 2.30. The number of carbonyl (C=O) groups is 3. The van der Waals surface area contributed by atoms with Gasteiger partial charge in [-0.05, 0) is 44.4 Å². The third-order valence-electron chi connectivity index (χ3n) is 3.17. The molecule has 0 unspecified atom stereocenters. The SMILES string of the molecule is CC(C)NC(=O)Nc1ccc(CNC(=O)CCCCC(=O)O)cc1. The first-order valence-corrected chi connectivity index (χ1v) is 8.01. The minimum Gasteiger partial charge on any atom is -0.481 e. The third kappa shape index (κ3) is 8.77. The molecule has 24 heavy (non-hydrogen) atoms. The van der Waals surface area contributed by atoms with Crippen molar-refractivity contribution in [1.29, 1.82) is 0 Å². The molecule has 0 aromatic heterocycles. The first-order valence-electron chi connectivity index (χ1n) is 8.01. The average Bonchev–Trinajstić information content (AvgIpc) is 2.50. The van der Waals surface area contributed by atoms with Gasteiger partial charge in [0.15, 0.2) is 0 Å². The average molecular weight is 335 g/mol. The molecular weight excluding hydrogens is 310 g/mol. The fourth-order valence-electron chi connectivity index (χ4n) is 1.99. The molecule has 0 saturated carbocycles. The van der Waals surface area contributed by atoms with Crippen molar-refractivity contribution in [2.45, 2.75) is 52.1 Å². The van der Waals surface area contributed by atoms with Gasteiger partial charge in [-0.25, -0.2) is 4.79 Å². The van der Waals surface area contributed by atoms with E-state index in [0.29, 0.717) is 31.5 Å². The van der Waals surface area contributed by atoms with E-state index < -0.39 is 5.97 Å². The van der Waals surface area contributed by atoms with E-state index >= 15 is 0 Å². The van der Waals surface area contributed by atoms with Crippen LogP contribution in [0.3, 0.4) is 0 Å². The number of hydrogen-bond donors (Lipinski definition) is 4. The van der Waals surface area contributed by atoms with E-state index in [0.717, 1.165) is 5.56 Å². The Bertz CT molecular complexity index is 555. The molecule has 0 aliphatic rings. The van der Waals surface area contributed by atoms with E-state index in [4.69, 9.17) is 5.11 Å². The molecular formula is C17H25N3O4. The summed E-state index contributed by atoms with van der Waals surface area (Å²) < 4.78 is 0. The molecule has 0 fully saturated rings. The first kappa shape index (κ1) is 19.5. The van der Waals surface area contributed by atoms with Gasteiger partial charge in [0, 0.05) is 31.1 Å². The highest BCUT2D eigenvalue weighted by atomic mass is 16.4. The van der Waals surface area contributed by atoms with Crippen LogP contribution in [0.2, 0.25) is 0 Å². The van der Waals surface area contributed by atoms with Crippen LogP contribution < -0.4 is 16.0 Å². The Morgan fingerprint density at radius 3 is 2.25 bits per heavy atom. The molecule has 7 heteroatoms. The van der Waals surface area contributed by atoms with Crippen LogP contribution in [0.1, 0.15) is 45.1 Å². The van der Waals surface area contributed by atoms with Gasteiger partial charge in [-0.2, -0.15) is 0 Å². The van der Waals surface area contributed by atoms with Gasteiger partial charge in [0.25, 0.3) is 0 Å². The lowest BCUT2D eigenvalue weighted by molar-refractivity contribution is -0.137. The summed E-state index contributed by atoms with van der Waals surface area (Å²) in [7, 11) is 0. The number of carbonyl (C=O) groups excluding carboxylic acids is 2. The van der Waals surface area contributed by atoms with Gasteiger partial charge >= 0.3 is 12.0 Å². The molecule has 7 nitrogen and oxygen atoms in total. The molecule has 1 aromatic rings. The van der Waals surface area contributed by atoms with Crippen molar-refractivity contribution in [3.8, 4) is 0 Å². The second-order valence-corrected chi connectivity index (χ2v) is 5.83. The Hall–Kier alpha value is -2.57. The van der Waals surface area contributed by atoms with Crippen molar-refractivity contribution < 1.29 is 19.5 Å². The van der Waals surface area contributed by atoms with Crippen LogP contribution in [0, 0.1) is 0 Å². The number of anilines is 1. The van der Waals surface area contributed by atoms with Gasteiger partial charge in [-0.15, -0.1) is 0 Å². The maximum absolute atomic E-state index is 11.7. The number of amides is 3. The molecule has 0 aliphatic carbocycles. The van der Waals surface area contributed by atoms with Gasteiger partial charge in [-0.1, -0.05) is 12.1 Å². The van der Waals surface area contributed by atoms with Crippen LogP contribution in [0.4, 0.5) is 10.5 Å². The Labute approximate surface area is 141 Å². The Morgan fingerprint density at radius 2 is 1.67 bits per heavy atom. The predicted octanol–water partition coefficient (Wildman–Crippen LogP) is 2.48. The van der Waals surface area contributed by atoms with E-state index in [1.165, 1.54) is 0 Å². The van der Waals surface area contributed by atoms with Crippen molar-refractivity contribution >= 4 is 23.6 Å². The smallest absolute Gasteiger partial charge is 0.319 e. The number of aliphatic carboxylic acids is 1. The number of unbranched alkanes of at least 4 members (excludes halogenated alkanes) is 1. The lowest BCUT2D eigenvalue weighted by Gasteiger charge is -2.11. The van der Waals surface area contributed by atoms with Crippen LogP contribution in [0.5, 0.6) is 0 Å². The molecule has 0 radical (unpaired) electrons. The summed E-state index contributed by atoms with van der Waals surface area (Å²) in [6.45, 7) is 4.16. The van der Waals surface area contributed by atoms with Crippen molar-refractivity contribution in [3.05, 3.63) is 29.8 Å². The number of carboxylic acid groups (broad SMARTS) is 1. The number of benzene rings is 1. The molecule has 4 N–H and O–H groups in total. The fourth-order valence-corrected chi connectivity index (χ4v) is 1.99. The molecule has 0 saturated heterocycles. The second-order valence-electron chi connectivity index (χ2n) is 5.83. The van der Waals surface area contributed by atoms with E-state index in [2.05, 4.69) is 16.0 Å². The van der Waals surface area contributed by atoms with Crippen molar-refractivity contribution in [2.24, 2.45) is 0 Å². The Morgan fingerprint density at radius 1 is 1.04 bits per heavy atom. The number of hydrogen-bond acceptors (Lipinski definition) is 3. The largest absolute Gasteiger partial charge is 0.481 e. The lowest BCUT2D eigenvalue weighted by Crippen LogP contribution is -2.34. The summed E-state index contributed by atoms with van der Waals surface area (Å²) in [5.41, 5.74) is 1.60. The molecule has 1 aromatic carbocycles. The highest BCUT2D eigenvalue weighted by Gasteiger charge is 2.05. The minimum absolute atomic E-state index is 0.0648. The molecule has 3 amide bonds. The zero-order chi connectivity index (χ0) is 17.9. The van der Waals surface area contributed by atoms with E-state index in [1.807, 2.05) is 26.0 Å². The van der Waals surface area contributed by atoms with Crippen LogP contribution in [0.15, 0.2) is 24.3 Å². The fraction of sp³-hybridized carbons (Fsp3) is 0.471. The molecule has 0 atom stereocenters. The summed E-state index contributed by atoms with van der Waals surface area (Å²) in [5.74, 6) is -0.940. The van der Waals surface area contributed by atoms with Gasteiger partial charge in [0.1, 0.15) is 0 Å². The van der Waals surface area contributed by atoms with Crippen LogP contribution in [-0.2, 0) is 16.1 Å². The van der Waals surface area contributed by atoms with Gasteiger partial charge in [-0.3, -0.25) is 9.59 Å². The molecule has 0 heterocycles. The van der Waals surface area contributed by atoms with E-state index in [-0.39, 0.29) is 24.4 Å². The monoisotopic (exact) mass is 335 g/mol. The standard InChI is InChI=1S/C17H25N3O4/c1-12(2)19-17(24)20-14-9-7-13(8-10-14)11-18-15(21)5-3-4-6-16(22)23/h7-10,12H,3-6,11H2,1-2H3,(H,18,21)(H,22,23)(H2,19,20,24). The summed E-state index contributed by atoms with van der Waals surface area (Å²) in [5, 5.41) is 16.8. The van der Waals surface area contributed by atoms with Crippen molar-refractivity contribution in [1.82, 2.24) is 10.6 Å². The number of nitrogens with one attached hydrogen (secondary N) is 3. The quantitative estimate of drug-likeness (QED) is 0.520. The molecule has 132 valence electrons. The maximum atomic E-state index is 11.7. The summed E-state index contributed by atoms with van der Waals surface area (Å²) in [6, 6.07) is 7.01. The molecule has 0 bridgehead atoms. The predicted molar refractivity (Wildman–Crippen MR) is 91.7 cm³/mol. The topological polar surface area (TPSA) is 108 Å². The van der Waals surface area contributed by atoms with Crippen LogP contribution in [-0.4, -0.2) is 29.1 Å². The summed E-state index contributed by atoms with van der Waals surface area (Å²) >= 11 is 0. The molecule has 1 rings (SSSR count). The maximum Gasteiger partial charge on any atom is 0.319 e. The highest BCUT2D eigenvalue weighted by molar-refractivity contribution is 5.89. The number of rotatable bonds is 9. The van der Waals surface area contributed by atoms with E-state index in [9.17, 15) is 14.4 Å². The first-order chi connectivity index (χ1) is 11.4. The second kappa shape index (κ2) is 10.3. The summed E-state index contributed by atoms with van der Waals surface area (Å²) in [6.07, 6.45) is 1.47. The molecule has 0 aliphatic heterocycles. The van der Waals surface area contributed by atoms with Gasteiger partial charge < -0.3 is 21.1 Å². The third-order valence-corrected chi connectivity index (χ3v) is 3.17. The zero-order valence-electron chi connectivity index (χ0n) is 14.1. The number of carboxylic acids is 1. The van der Waals surface area contributed by atoms with Gasteiger partial charge in [0.05, 0.1) is 0 Å². The summed E-state index contributed by atoms with van der Waals surface area (Å²) in [4.78, 5) is 33.6. The normalized spacial score (nSPS) is 10.3. The van der Waals surface area contributed by atoms with Gasteiger partial charge in [0.2, 0.25) is 5.91 Å². The number of urea groups is 1. The zero-order valence-corrected chi connectivity index (χ0v) is 14.1. The lowest BCUT2D eigenvalue weighted by atomic mass is 10.1. The van der Waals surface area contributed by atoms with E-state index in [1.54, 1.807) is 12.1 Å². The molecule has 0 spiro atoms. The highest BCUT2D eigenvalue weighted by Crippen LogP contribution is 2.09. The van der Waals surface area contributed by atoms with Crippen molar-refractivity contribution in [3.63, 3.8) is 0 Å². The Kier molecular flexibility index (Phi) is 8.32. The van der Waals surface area contributed by atoms with Crippen LogP contribution in [0.25, 0.3) is 0 Å². The van der Waals surface area contributed by atoms with Crippen molar-refractivity contribution in [2.75, 3.05) is 5.32 Å².